The first-order chi connectivity index (χ1) is 9.67. The maximum Gasteiger partial charge on any atom is 0.126 e. The van der Waals surface area contributed by atoms with E-state index in [1.807, 2.05) is 12.1 Å². The number of methoxy groups -OCH3 is 1. The minimum Gasteiger partial charge on any atom is -0.383 e. The molecule has 0 bridgehead atoms. The summed E-state index contributed by atoms with van der Waals surface area (Å²) in [4.78, 5) is 0. The third-order valence-corrected chi connectivity index (χ3v) is 3.25. The molecule has 0 saturated carbocycles. The number of hydrogen-bond acceptors (Lipinski definition) is 4. The van der Waals surface area contributed by atoms with E-state index < -0.39 is 0 Å². The molecular weight excluding hydrogens is 259 g/mol. The van der Waals surface area contributed by atoms with Crippen LogP contribution in [0.3, 0.4) is 0 Å². The quantitative estimate of drug-likeness (QED) is 0.621. The summed E-state index contributed by atoms with van der Waals surface area (Å²) in [6, 6.07) is 6.64. The predicted octanol–water partition coefficient (Wildman–Crippen LogP) is 1.53. The lowest BCUT2D eigenvalue weighted by molar-refractivity contribution is 0.182. The molecule has 0 aliphatic carbocycles. The van der Waals surface area contributed by atoms with E-state index in [-0.39, 0.29) is 11.9 Å². The molecular formula is C14H19FN4O. The second-order valence-electron chi connectivity index (χ2n) is 4.58. The average molecular weight is 278 g/mol. The lowest BCUT2D eigenvalue weighted by Gasteiger charge is -2.18. The summed E-state index contributed by atoms with van der Waals surface area (Å²) < 4.78 is 20.6. The minimum atomic E-state index is -0.315. The zero-order chi connectivity index (χ0) is 14.5. The van der Waals surface area contributed by atoms with Crippen molar-refractivity contribution in [3.63, 3.8) is 0 Å². The number of aromatic nitrogens is 2. The van der Waals surface area contributed by atoms with Crippen molar-refractivity contribution < 1.29 is 9.13 Å². The Morgan fingerprint density at radius 2 is 2.25 bits per heavy atom. The van der Waals surface area contributed by atoms with Crippen molar-refractivity contribution in [3.05, 3.63) is 53.1 Å². The second-order valence-corrected chi connectivity index (χ2v) is 4.58. The third kappa shape index (κ3) is 3.04. The first kappa shape index (κ1) is 14.6. The van der Waals surface area contributed by atoms with Crippen molar-refractivity contribution in [2.75, 3.05) is 13.7 Å². The summed E-state index contributed by atoms with van der Waals surface area (Å²) in [6.07, 6.45) is 1.69. The number of hydrogen-bond donors (Lipinski definition) is 2. The molecule has 0 fully saturated rings. The molecule has 1 atom stereocenters. The highest BCUT2D eigenvalue weighted by Crippen LogP contribution is 2.23. The molecule has 3 N–H and O–H groups in total. The fraction of sp³-hybridized carbons (Fsp3) is 0.357. The number of nitrogens with two attached hydrogens (primary N) is 1. The van der Waals surface area contributed by atoms with Crippen LogP contribution in [0.15, 0.2) is 30.5 Å². The van der Waals surface area contributed by atoms with Gasteiger partial charge in [-0.1, -0.05) is 12.1 Å². The average Bonchev–Trinajstić information content (AvgIpc) is 2.89. The number of nitrogens with zero attached hydrogens (tertiary/aromatic N) is 2. The molecule has 1 aromatic heterocycles. The fourth-order valence-electron chi connectivity index (χ4n) is 2.09. The number of aryl methyl sites for hydroxylation is 1. The molecule has 108 valence electrons. The topological polar surface area (TPSA) is 65.1 Å². The standard InChI is InChI=1S/C14H19FN4O/c1-10-3-4-11(9-12(10)15)14(18-16)13-5-6-17-19(13)7-8-20-2/h3-6,9,14,18H,7-8,16H2,1-2H3. The van der Waals surface area contributed by atoms with Crippen LogP contribution in [0.1, 0.15) is 22.9 Å². The zero-order valence-corrected chi connectivity index (χ0v) is 11.6. The van der Waals surface area contributed by atoms with Crippen LogP contribution in [0.2, 0.25) is 0 Å². The van der Waals surface area contributed by atoms with Crippen LogP contribution in [0.5, 0.6) is 0 Å². The highest BCUT2D eigenvalue weighted by atomic mass is 19.1. The molecule has 0 radical (unpaired) electrons. The highest BCUT2D eigenvalue weighted by Gasteiger charge is 2.18. The molecule has 5 nitrogen and oxygen atoms in total. The lowest BCUT2D eigenvalue weighted by atomic mass is 10.0. The number of nitrogens with one attached hydrogen (secondary N) is 1. The Morgan fingerprint density at radius 1 is 1.45 bits per heavy atom. The number of hydrazine groups is 1. The van der Waals surface area contributed by atoms with E-state index in [0.717, 1.165) is 11.3 Å². The Labute approximate surface area is 117 Å². The van der Waals surface area contributed by atoms with E-state index in [2.05, 4.69) is 10.5 Å². The van der Waals surface area contributed by atoms with Crippen LogP contribution in [-0.4, -0.2) is 23.5 Å². The van der Waals surface area contributed by atoms with Gasteiger partial charge in [-0.3, -0.25) is 10.5 Å². The van der Waals surface area contributed by atoms with Crippen molar-refractivity contribution >= 4 is 0 Å². The maximum absolute atomic E-state index is 13.7. The van der Waals surface area contributed by atoms with Gasteiger partial charge >= 0.3 is 0 Å². The van der Waals surface area contributed by atoms with E-state index in [1.165, 1.54) is 6.07 Å². The van der Waals surface area contributed by atoms with Crippen molar-refractivity contribution in [1.82, 2.24) is 15.2 Å². The molecule has 6 heteroatoms. The van der Waals surface area contributed by atoms with Gasteiger partial charge in [0.1, 0.15) is 5.82 Å². The van der Waals surface area contributed by atoms with Gasteiger partial charge in [0.05, 0.1) is 24.9 Å². The van der Waals surface area contributed by atoms with Gasteiger partial charge in [0.25, 0.3) is 0 Å². The van der Waals surface area contributed by atoms with Crippen LogP contribution < -0.4 is 11.3 Å². The summed E-state index contributed by atoms with van der Waals surface area (Å²) >= 11 is 0. The third-order valence-electron chi connectivity index (χ3n) is 3.25. The second kappa shape index (κ2) is 6.60. The van der Waals surface area contributed by atoms with Gasteiger partial charge in [0.2, 0.25) is 0 Å². The largest absolute Gasteiger partial charge is 0.383 e. The Kier molecular flexibility index (Phi) is 4.84. The van der Waals surface area contributed by atoms with Crippen molar-refractivity contribution in [2.45, 2.75) is 19.5 Å². The summed E-state index contributed by atoms with van der Waals surface area (Å²) in [7, 11) is 1.64. The summed E-state index contributed by atoms with van der Waals surface area (Å²) in [5.74, 6) is 5.39. The molecule has 2 rings (SSSR count). The fourth-order valence-corrected chi connectivity index (χ4v) is 2.09. The molecule has 0 saturated heterocycles. The predicted molar refractivity (Wildman–Crippen MR) is 74.4 cm³/mol. The van der Waals surface area contributed by atoms with Crippen molar-refractivity contribution in [2.24, 2.45) is 5.84 Å². The lowest BCUT2D eigenvalue weighted by Crippen LogP contribution is -2.31. The normalized spacial score (nSPS) is 12.6. The van der Waals surface area contributed by atoms with E-state index in [0.29, 0.717) is 18.7 Å². The van der Waals surface area contributed by atoms with Crippen LogP contribution in [0.4, 0.5) is 4.39 Å². The summed E-state index contributed by atoms with van der Waals surface area (Å²) in [5.41, 5.74) is 4.95. The molecule has 1 aromatic carbocycles. The van der Waals surface area contributed by atoms with Crippen molar-refractivity contribution in [3.8, 4) is 0 Å². The highest BCUT2D eigenvalue weighted by molar-refractivity contribution is 5.31. The molecule has 2 aromatic rings. The van der Waals surface area contributed by atoms with Gasteiger partial charge < -0.3 is 4.74 Å². The molecule has 0 amide bonds. The van der Waals surface area contributed by atoms with Crippen LogP contribution >= 0.6 is 0 Å². The Balaban J connectivity index is 2.32. The molecule has 20 heavy (non-hydrogen) atoms. The van der Waals surface area contributed by atoms with Gasteiger partial charge in [0.15, 0.2) is 0 Å². The zero-order valence-electron chi connectivity index (χ0n) is 11.6. The number of benzene rings is 1. The monoisotopic (exact) mass is 278 g/mol. The van der Waals surface area contributed by atoms with E-state index in [4.69, 9.17) is 10.6 Å². The molecule has 0 aliphatic rings. The van der Waals surface area contributed by atoms with Crippen LogP contribution in [-0.2, 0) is 11.3 Å². The SMILES string of the molecule is COCCn1nccc1C(NN)c1ccc(C)c(F)c1. The maximum atomic E-state index is 13.7. The number of rotatable bonds is 6. The molecule has 1 unspecified atom stereocenters. The minimum absolute atomic E-state index is 0.245. The van der Waals surface area contributed by atoms with Gasteiger partial charge in [-0.2, -0.15) is 5.10 Å². The first-order valence-corrected chi connectivity index (χ1v) is 6.40. The Hall–Kier alpha value is -1.76. The van der Waals surface area contributed by atoms with Gasteiger partial charge in [-0.05, 0) is 30.2 Å². The van der Waals surface area contributed by atoms with Gasteiger partial charge in [-0.25, -0.2) is 9.82 Å². The molecule has 1 heterocycles. The Bertz CT molecular complexity index is 570. The van der Waals surface area contributed by atoms with Crippen molar-refractivity contribution in [1.29, 1.82) is 0 Å². The summed E-state index contributed by atoms with van der Waals surface area (Å²) in [5, 5.41) is 4.24. The number of halogens is 1. The summed E-state index contributed by atoms with van der Waals surface area (Å²) in [6.45, 7) is 2.90. The van der Waals surface area contributed by atoms with Gasteiger partial charge in [-0.15, -0.1) is 0 Å². The van der Waals surface area contributed by atoms with Gasteiger partial charge in [0, 0.05) is 13.3 Å². The molecule has 0 spiro atoms. The van der Waals surface area contributed by atoms with E-state index in [1.54, 1.807) is 31.0 Å². The van der Waals surface area contributed by atoms with Crippen LogP contribution in [0, 0.1) is 12.7 Å². The number of ether oxygens (including phenoxy) is 1. The van der Waals surface area contributed by atoms with Crippen LogP contribution in [0.25, 0.3) is 0 Å². The Morgan fingerprint density at radius 3 is 2.90 bits per heavy atom. The van der Waals surface area contributed by atoms with E-state index in [9.17, 15) is 4.39 Å². The first-order valence-electron chi connectivity index (χ1n) is 6.40. The smallest absolute Gasteiger partial charge is 0.126 e. The van der Waals surface area contributed by atoms with E-state index >= 15 is 0 Å². The molecule has 0 aliphatic heterocycles.